The van der Waals surface area contributed by atoms with E-state index < -0.39 is 11.4 Å². The number of carbonyl (C=O) groups is 2. The van der Waals surface area contributed by atoms with E-state index in [-0.39, 0.29) is 5.78 Å². The van der Waals surface area contributed by atoms with Gasteiger partial charge in [0.05, 0.1) is 12.0 Å². The van der Waals surface area contributed by atoms with Gasteiger partial charge in [0, 0.05) is 0 Å². The van der Waals surface area contributed by atoms with Crippen LogP contribution >= 0.6 is 11.3 Å². The first-order valence-electron chi connectivity index (χ1n) is 6.15. The van der Waals surface area contributed by atoms with E-state index >= 15 is 0 Å². The van der Waals surface area contributed by atoms with Crippen LogP contribution in [0, 0.1) is 5.41 Å². The third kappa shape index (κ3) is 1.80. The number of methoxy groups -OCH3 is 1. The molecule has 3 nitrogen and oxygen atoms in total. The maximum atomic E-state index is 12.6. The molecule has 0 saturated heterocycles. The molecule has 3 rings (SSSR count). The van der Waals surface area contributed by atoms with Crippen molar-refractivity contribution in [2.75, 3.05) is 7.11 Å². The number of hydrogen-bond donors (Lipinski definition) is 0. The first-order chi connectivity index (χ1) is 9.70. The molecule has 20 heavy (non-hydrogen) atoms. The average Bonchev–Trinajstić information content (AvgIpc) is 3.02. The quantitative estimate of drug-likeness (QED) is 0.492. The van der Waals surface area contributed by atoms with Crippen molar-refractivity contribution >= 4 is 28.7 Å². The Kier molecular flexibility index (Phi) is 3.03. The number of esters is 1. The van der Waals surface area contributed by atoms with Crippen LogP contribution in [0.3, 0.4) is 0 Å². The van der Waals surface area contributed by atoms with Crippen molar-refractivity contribution in [1.29, 1.82) is 0 Å². The predicted octanol–water partition coefficient (Wildman–Crippen LogP) is 3.19. The maximum Gasteiger partial charge on any atom is 0.328 e. The molecule has 1 unspecified atom stereocenters. The molecule has 1 atom stereocenters. The molecule has 0 radical (unpaired) electrons. The SMILES string of the molecule is COC(=O)C1(C(=O)c2cccs2)C=C1c1ccccc1. The highest BCUT2D eigenvalue weighted by atomic mass is 32.1. The second kappa shape index (κ2) is 4.72. The van der Waals surface area contributed by atoms with Gasteiger partial charge < -0.3 is 4.74 Å². The monoisotopic (exact) mass is 284 g/mol. The summed E-state index contributed by atoms with van der Waals surface area (Å²) < 4.78 is 4.84. The lowest BCUT2D eigenvalue weighted by molar-refractivity contribution is -0.143. The molecular weight excluding hydrogens is 272 g/mol. The van der Waals surface area contributed by atoms with Crippen molar-refractivity contribution in [2.45, 2.75) is 0 Å². The first kappa shape index (κ1) is 12.8. The number of ketones is 1. The number of carbonyl (C=O) groups excluding carboxylic acids is 2. The third-order valence-electron chi connectivity index (χ3n) is 3.40. The number of ether oxygens (including phenoxy) is 1. The zero-order chi connectivity index (χ0) is 14.2. The summed E-state index contributed by atoms with van der Waals surface area (Å²) >= 11 is 1.33. The van der Waals surface area contributed by atoms with Crippen LogP contribution in [-0.2, 0) is 9.53 Å². The first-order valence-corrected chi connectivity index (χ1v) is 7.03. The van der Waals surface area contributed by atoms with E-state index in [0.29, 0.717) is 4.88 Å². The second-order valence-corrected chi connectivity index (χ2v) is 5.48. The fourth-order valence-corrected chi connectivity index (χ4v) is 3.05. The minimum Gasteiger partial charge on any atom is -0.468 e. The van der Waals surface area contributed by atoms with Gasteiger partial charge in [0.1, 0.15) is 0 Å². The van der Waals surface area contributed by atoms with Gasteiger partial charge in [0.15, 0.2) is 11.2 Å². The Hall–Kier alpha value is -2.20. The molecule has 1 aromatic heterocycles. The van der Waals surface area contributed by atoms with Gasteiger partial charge in [-0.05, 0) is 28.7 Å². The second-order valence-electron chi connectivity index (χ2n) is 4.53. The van der Waals surface area contributed by atoms with Crippen LogP contribution in [0.25, 0.3) is 5.57 Å². The Bertz CT molecular complexity index is 686. The average molecular weight is 284 g/mol. The molecule has 0 spiro atoms. The van der Waals surface area contributed by atoms with Crippen molar-refractivity contribution in [3.63, 3.8) is 0 Å². The minimum absolute atomic E-state index is 0.210. The summed E-state index contributed by atoms with van der Waals surface area (Å²) in [7, 11) is 1.31. The highest BCUT2D eigenvalue weighted by molar-refractivity contribution is 7.12. The van der Waals surface area contributed by atoms with E-state index in [2.05, 4.69) is 0 Å². The maximum absolute atomic E-state index is 12.6. The Labute approximate surface area is 120 Å². The fourth-order valence-electron chi connectivity index (χ4n) is 2.32. The van der Waals surface area contributed by atoms with Gasteiger partial charge >= 0.3 is 5.97 Å². The van der Waals surface area contributed by atoms with Crippen LogP contribution in [0.5, 0.6) is 0 Å². The predicted molar refractivity (Wildman–Crippen MR) is 77.5 cm³/mol. The van der Waals surface area contributed by atoms with E-state index in [0.717, 1.165) is 11.1 Å². The van der Waals surface area contributed by atoms with Gasteiger partial charge in [-0.2, -0.15) is 0 Å². The molecule has 0 aliphatic heterocycles. The summed E-state index contributed by atoms with van der Waals surface area (Å²) in [6.45, 7) is 0. The van der Waals surface area contributed by atoms with Crippen molar-refractivity contribution in [3.8, 4) is 0 Å². The van der Waals surface area contributed by atoms with Gasteiger partial charge in [-0.3, -0.25) is 9.59 Å². The van der Waals surface area contributed by atoms with Crippen molar-refractivity contribution < 1.29 is 14.3 Å². The molecule has 2 aromatic rings. The van der Waals surface area contributed by atoms with Crippen LogP contribution in [0.1, 0.15) is 15.2 Å². The summed E-state index contributed by atoms with van der Waals surface area (Å²) in [5.74, 6) is -0.729. The third-order valence-corrected chi connectivity index (χ3v) is 4.27. The largest absolute Gasteiger partial charge is 0.468 e. The molecule has 0 N–H and O–H groups in total. The zero-order valence-corrected chi connectivity index (χ0v) is 11.6. The minimum atomic E-state index is -1.24. The molecule has 1 aliphatic rings. The van der Waals surface area contributed by atoms with Gasteiger partial charge in [-0.15, -0.1) is 11.3 Å². The summed E-state index contributed by atoms with van der Waals surface area (Å²) in [4.78, 5) is 25.3. The highest BCUT2D eigenvalue weighted by Gasteiger charge is 2.59. The number of rotatable bonds is 4. The lowest BCUT2D eigenvalue weighted by Gasteiger charge is -2.14. The van der Waals surface area contributed by atoms with E-state index in [1.165, 1.54) is 18.4 Å². The number of benzene rings is 1. The zero-order valence-electron chi connectivity index (χ0n) is 10.8. The van der Waals surface area contributed by atoms with E-state index in [1.807, 2.05) is 35.7 Å². The number of thiophene rings is 1. The van der Waals surface area contributed by atoms with Crippen LogP contribution in [-0.4, -0.2) is 18.9 Å². The molecule has 1 aliphatic carbocycles. The lowest BCUT2D eigenvalue weighted by atomic mass is 9.90. The Morgan fingerprint density at radius 1 is 1.10 bits per heavy atom. The summed E-state index contributed by atoms with van der Waals surface area (Å²) in [6, 6.07) is 13.0. The van der Waals surface area contributed by atoms with Crippen LogP contribution in [0.15, 0.2) is 53.9 Å². The van der Waals surface area contributed by atoms with E-state index in [1.54, 1.807) is 18.2 Å². The topological polar surface area (TPSA) is 43.4 Å². The molecule has 100 valence electrons. The molecule has 0 bridgehead atoms. The highest BCUT2D eigenvalue weighted by Crippen LogP contribution is 2.54. The molecule has 0 fully saturated rings. The molecule has 1 heterocycles. The van der Waals surface area contributed by atoms with E-state index in [4.69, 9.17) is 4.74 Å². The van der Waals surface area contributed by atoms with Crippen LogP contribution in [0.4, 0.5) is 0 Å². The molecule has 1 aromatic carbocycles. The molecule has 0 amide bonds. The van der Waals surface area contributed by atoms with Gasteiger partial charge in [0.25, 0.3) is 0 Å². The molecular formula is C16H12O3S. The summed E-state index contributed by atoms with van der Waals surface area (Å²) in [6.07, 6.45) is 1.69. The fraction of sp³-hybridized carbons (Fsp3) is 0.125. The van der Waals surface area contributed by atoms with Gasteiger partial charge in [-0.1, -0.05) is 36.4 Å². The smallest absolute Gasteiger partial charge is 0.328 e. The van der Waals surface area contributed by atoms with Crippen molar-refractivity contribution in [1.82, 2.24) is 0 Å². The summed E-state index contributed by atoms with van der Waals surface area (Å²) in [5, 5.41) is 1.82. The molecule has 4 heteroatoms. The Morgan fingerprint density at radius 2 is 1.85 bits per heavy atom. The standard InChI is InChI=1S/C16H12O3S/c1-19-15(18)16(14(17)13-8-5-9-20-13)10-12(16)11-6-3-2-4-7-11/h2-10H,1H3. The van der Waals surface area contributed by atoms with Gasteiger partial charge in [-0.25, -0.2) is 0 Å². The van der Waals surface area contributed by atoms with Crippen molar-refractivity contribution in [2.24, 2.45) is 5.41 Å². The van der Waals surface area contributed by atoms with Crippen molar-refractivity contribution in [3.05, 3.63) is 64.4 Å². The Morgan fingerprint density at radius 3 is 2.45 bits per heavy atom. The van der Waals surface area contributed by atoms with E-state index in [9.17, 15) is 9.59 Å². The van der Waals surface area contributed by atoms with Crippen LogP contribution in [0.2, 0.25) is 0 Å². The lowest BCUT2D eigenvalue weighted by Crippen LogP contribution is -2.29. The van der Waals surface area contributed by atoms with Crippen LogP contribution < -0.4 is 0 Å². The summed E-state index contributed by atoms with van der Waals surface area (Å²) in [5.41, 5.74) is 0.368. The molecule has 0 saturated carbocycles. The normalized spacial score (nSPS) is 20.1. The number of hydrogen-bond acceptors (Lipinski definition) is 4. The number of Topliss-reactive ketones (excluding diaryl/α,β-unsaturated/α-hetero) is 1. The Balaban J connectivity index is 1.99. The van der Waals surface area contributed by atoms with Gasteiger partial charge in [0.2, 0.25) is 0 Å².